The van der Waals surface area contributed by atoms with E-state index in [-0.39, 0.29) is 12.0 Å². The number of hydrogen-bond acceptors (Lipinski definition) is 3. The fourth-order valence-corrected chi connectivity index (χ4v) is 2.03. The van der Waals surface area contributed by atoms with Gasteiger partial charge in [0.2, 0.25) is 0 Å². The smallest absolute Gasteiger partial charge is 0.257 e. The van der Waals surface area contributed by atoms with Crippen LogP contribution in [0.5, 0.6) is 5.75 Å². The fourth-order valence-electron chi connectivity index (χ4n) is 2.03. The summed E-state index contributed by atoms with van der Waals surface area (Å²) in [6.45, 7) is 1.35. The van der Waals surface area contributed by atoms with Crippen LogP contribution in [0.3, 0.4) is 0 Å². The van der Waals surface area contributed by atoms with Crippen molar-refractivity contribution in [3.05, 3.63) is 29.8 Å². The van der Waals surface area contributed by atoms with Gasteiger partial charge < -0.3 is 14.4 Å². The Morgan fingerprint density at radius 2 is 1.94 bits per heavy atom. The van der Waals surface area contributed by atoms with Gasteiger partial charge in [-0.3, -0.25) is 4.79 Å². The SMILES string of the molecule is COC1CN(C(=O)c2ccccc2OC2CC2)C1. The van der Waals surface area contributed by atoms with E-state index in [2.05, 4.69) is 0 Å². The molecular formula is C14H17NO3. The maximum atomic E-state index is 12.3. The van der Waals surface area contributed by atoms with Crippen molar-refractivity contribution in [3.63, 3.8) is 0 Å². The van der Waals surface area contributed by atoms with Gasteiger partial charge in [0.25, 0.3) is 5.91 Å². The Kier molecular flexibility index (Phi) is 2.96. The number of amides is 1. The van der Waals surface area contributed by atoms with Crippen LogP contribution in [0.1, 0.15) is 23.2 Å². The van der Waals surface area contributed by atoms with Crippen LogP contribution in [0.2, 0.25) is 0 Å². The average Bonchev–Trinajstić information content (AvgIpc) is 3.12. The van der Waals surface area contributed by atoms with Crippen molar-refractivity contribution in [1.29, 1.82) is 0 Å². The molecule has 4 nitrogen and oxygen atoms in total. The number of hydrogen-bond donors (Lipinski definition) is 0. The molecule has 0 bridgehead atoms. The Hall–Kier alpha value is -1.55. The lowest BCUT2D eigenvalue weighted by Gasteiger charge is -2.38. The molecule has 18 heavy (non-hydrogen) atoms. The zero-order valence-corrected chi connectivity index (χ0v) is 10.5. The highest BCUT2D eigenvalue weighted by molar-refractivity contribution is 5.97. The van der Waals surface area contributed by atoms with E-state index < -0.39 is 0 Å². The molecule has 1 aliphatic carbocycles. The number of carbonyl (C=O) groups is 1. The largest absolute Gasteiger partial charge is 0.490 e. The summed E-state index contributed by atoms with van der Waals surface area (Å²) in [6.07, 6.45) is 2.68. The first kappa shape index (κ1) is 11.5. The highest BCUT2D eigenvalue weighted by Gasteiger charge is 2.33. The van der Waals surface area contributed by atoms with Crippen LogP contribution >= 0.6 is 0 Å². The summed E-state index contributed by atoms with van der Waals surface area (Å²) in [6, 6.07) is 7.49. The van der Waals surface area contributed by atoms with E-state index in [0.717, 1.165) is 12.8 Å². The second-order valence-electron chi connectivity index (χ2n) is 4.88. The number of carbonyl (C=O) groups excluding carboxylic acids is 1. The van der Waals surface area contributed by atoms with Crippen LogP contribution in [0.4, 0.5) is 0 Å². The molecule has 4 heteroatoms. The molecule has 3 rings (SSSR count). The van der Waals surface area contributed by atoms with Gasteiger partial charge in [0.05, 0.1) is 17.8 Å². The Morgan fingerprint density at radius 3 is 2.61 bits per heavy atom. The molecule has 1 amide bonds. The van der Waals surface area contributed by atoms with E-state index in [9.17, 15) is 4.79 Å². The number of benzene rings is 1. The molecule has 0 N–H and O–H groups in total. The minimum atomic E-state index is 0.0413. The highest BCUT2D eigenvalue weighted by atomic mass is 16.5. The lowest BCUT2D eigenvalue weighted by molar-refractivity contribution is -0.0193. The minimum Gasteiger partial charge on any atom is -0.490 e. The second-order valence-corrected chi connectivity index (χ2v) is 4.88. The third-order valence-electron chi connectivity index (χ3n) is 3.40. The van der Waals surface area contributed by atoms with Crippen molar-refractivity contribution in [2.45, 2.75) is 25.0 Å². The quantitative estimate of drug-likeness (QED) is 0.813. The number of rotatable bonds is 4. The van der Waals surface area contributed by atoms with Crippen LogP contribution < -0.4 is 4.74 Å². The summed E-state index contributed by atoms with van der Waals surface area (Å²) in [4.78, 5) is 14.1. The van der Waals surface area contributed by atoms with E-state index in [1.54, 1.807) is 12.0 Å². The lowest BCUT2D eigenvalue weighted by Crippen LogP contribution is -2.54. The number of likely N-dealkylation sites (tertiary alicyclic amines) is 1. The van der Waals surface area contributed by atoms with Crippen LogP contribution in [-0.4, -0.2) is 43.2 Å². The third-order valence-corrected chi connectivity index (χ3v) is 3.40. The van der Waals surface area contributed by atoms with Crippen molar-refractivity contribution < 1.29 is 14.3 Å². The van der Waals surface area contributed by atoms with Crippen molar-refractivity contribution in [1.82, 2.24) is 4.90 Å². The third kappa shape index (κ3) is 2.20. The molecule has 96 valence electrons. The molecule has 0 spiro atoms. The predicted molar refractivity (Wildman–Crippen MR) is 66.8 cm³/mol. The van der Waals surface area contributed by atoms with Crippen molar-refractivity contribution >= 4 is 5.91 Å². The van der Waals surface area contributed by atoms with E-state index in [1.165, 1.54) is 0 Å². The molecule has 0 radical (unpaired) electrons. The molecule has 1 aromatic carbocycles. The Labute approximate surface area is 106 Å². The number of ether oxygens (including phenoxy) is 2. The van der Waals surface area contributed by atoms with E-state index in [1.807, 2.05) is 24.3 Å². The Balaban J connectivity index is 1.72. The zero-order chi connectivity index (χ0) is 12.5. The van der Waals surface area contributed by atoms with Crippen molar-refractivity contribution in [3.8, 4) is 5.75 Å². The Morgan fingerprint density at radius 1 is 1.22 bits per heavy atom. The van der Waals surface area contributed by atoms with Gasteiger partial charge in [-0.2, -0.15) is 0 Å². The second kappa shape index (κ2) is 4.61. The normalized spacial score (nSPS) is 19.5. The molecular weight excluding hydrogens is 230 g/mol. The monoisotopic (exact) mass is 247 g/mol. The molecule has 1 saturated heterocycles. The topological polar surface area (TPSA) is 38.8 Å². The van der Waals surface area contributed by atoms with E-state index >= 15 is 0 Å². The fraction of sp³-hybridized carbons (Fsp3) is 0.500. The summed E-state index contributed by atoms with van der Waals surface area (Å²) < 4.78 is 11.0. The van der Waals surface area contributed by atoms with Crippen LogP contribution in [0, 0.1) is 0 Å². The molecule has 1 aliphatic heterocycles. The predicted octanol–water partition coefficient (Wildman–Crippen LogP) is 1.70. The van der Waals surface area contributed by atoms with Gasteiger partial charge in [0.15, 0.2) is 0 Å². The lowest BCUT2D eigenvalue weighted by atomic mass is 10.1. The first-order valence-electron chi connectivity index (χ1n) is 6.35. The number of nitrogens with zero attached hydrogens (tertiary/aromatic N) is 1. The summed E-state index contributed by atoms with van der Waals surface area (Å²) in [5, 5.41) is 0. The average molecular weight is 247 g/mol. The molecule has 1 heterocycles. The molecule has 2 fully saturated rings. The van der Waals surface area contributed by atoms with Crippen molar-refractivity contribution in [2.75, 3.05) is 20.2 Å². The summed E-state index contributed by atoms with van der Waals surface area (Å²) in [7, 11) is 1.68. The van der Waals surface area contributed by atoms with Gasteiger partial charge in [-0.25, -0.2) is 0 Å². The van der Waals surface area contributed by atoms with Crippen molar-refractivity contribution in [2.24, 2.45) is 0 Å². The maximum absolute atomic E-state index is 12.3. The summed E-state index contributed by atoms with van der Waals surface area (Å²) in [5.41, 5.74) is 0.666. The number of methoxy groups -OCH3 is 1. The van der Waals surface area contributed by atoms with Gasteiger partial charge in [-0.15, -0.1) is 0 Å². The van der Waals surface area contributed by atoms with Gasteiger partial charge in [0, 0.05) is 20.2 Å². The first-order valence-corrected chi connectivity index (χ1v) is 6.35. The molecule has 1 saturated carbocycles. The van der Waals surface area contributed by atoms with E-state index in [0.29, 0.717) is 30.5 Å². The van der Waals surface area contributed by atoms with Gasteiger partial charge in [-0.05, 0) is 25.0 Å². The molecule has 0 unspecified atom stereocenters. The van der Waals surface area contributed by atoms with Crippen LogP contribution in [-0.2, 0) is 4.74 Å². The van der Waals surface area contributed by atoms with Gasteiger partial charge in [0.1, 0.15) is 5.75 Å². The van der Waals surface area contributed by atoms with Gasteiger partial charge >= 0.3 is 0 Å². The van der Waals surface area contributed by atoms with Gasteiger partial charge in [-0.1, -0.05) is 12.1 Å². The summed E-state index contributed by atoms with van der Waals surface area (Å²) in [5.74, 6) is 0.755. The first-order chi connectivity index (χ1) is 8.78. The number of para-hydroxylation sites is 1. The summed E-state index contributed by atoms with van der Waals surface area (Å²) >= 11 is 0. The maximum Gasteiger partial charge on any atom is 0.257 e. The van der Waals surface area contributed by atoms with Crippen LogP contribution in [0.25, 0.3) is 0 Å². The van der Waals surface area contributed by atoms with Crippen LogP contribution in [0.15, 0.2) is 24.3 Å². The highest BCUT2D eigenvalue weighted by Crippen LogP contribution is 2.30. The molecule has 2 aliphatic rings. The standard InChI is InChI=1S/C14H17NO3/c1-17-11-8-15(9-11)14(16)12-4-2-3-5-13(12)18-10-6-7-10/h2-5,10-11H,6-9H2,1H3. The zero-order valence-electron chi connectivity index (χ0n) is 10.5. The van der Waals surface area contributed by atoms with E-state index in [4.69, 9.17) is 9.47 Å². The molecule has 1 aromatic rings. The Bertz CT molecular complexity index is 450. The minimum absolute atomic E-state index is 0.0413. The molecule has 0 atom stereocenters. The molecule has 0 aromatic heterocycles.